The first-order valence-electron chi connectivity index (χ1n) is 12.0. The van der Waals surface area contributed by atoms with Crippen LogP contribution in [0.2, 0.25) is 0 Å². The van der Waals surface area contributed by atoms with E-state index in [4.69, 9.17) is 14.2 Å². The summed E-state index contributed by atoms with van der Waals surface area (Å²) in [7, 11) is 1.68. The first-order chi connectivity index (χ1) is 17.1. The highest BCUT2D eigenvalue weighted by atomic mass is 16.5. The van der Waals surface area contributed by atoms with E-state index < -0.39 is 0 Å². The number of rotatable bonds is 7. The summed E-state index contributed by atoms with van der Waals surface area (Å²) in [4.78, 5) is 17.6. The zero-order chi connectivity index (χ0) is 24.4. The van der Waals surface area contributed by atoms with Crippen molar-refractivity contribution in [2.75, 3.05) is 31.8 Å². The monoisotopic (exact) mass is 470 g/mol. The highest BCUT2D eigenvalue weighted by molar-refractivity contribution is 6.15. The number of carbonyl (C=O) groups excluding carboxylic acids is 1. The molecule has 6 nitrogen and oxygen atoms in total. The van der Waals surface area contributed by atoms with Gasteiger partial charge in [-0.25, -0.2) is 0 Å². The topological polar surface area (TPSA) is 51.2 Å². The number of allylic oxidation sites excluding steroid dienone is 1. The fourth-order valence-corrected chi connectivity index (χ4v) is 4.70. The van der Waals surface area contributed by atoms with Crippen LogP contribution in [0.5, 0.6) is 17.2 Å². The molecule has 3 aromatic rings. The number of hydrogen-bond acceptors (Lipinski definition) is 6. The van der Waals surface area contributed by atoms with Crippen molar-refractivity contribution in [2.24, 2.45) is 0 Å². The quantitative estimate of drug-likeness (QED) is 0.425. The zero-order valence-electron chi connectivity index (χ0n) is 20.4. The fourth-order valence-electron chi connectivity index (χ4n) is 4.70. The number of hydrogen-bond donors (Lipinski definition) is 0. The number of carbonyl (C=O) groups is 1. The van der Waals surface area contributed by atoms with Crippen LogP contribution in [0, 0.1) is 0 Å². The van der Waals surface area contributed by atoms with Crippen LogP contribution < -0.4 is 19.1 Å². The van der Waals surface area contributed by atoms with E-state index >= 15 is 0 Å². The summed E-state index contributed by atoms with van der Waals surface area (Å²) in [5, 5.41) is 0. The van der Waals surface area contributed by atoms with Crippen LogP contribution in [-0.4, -0.2) is 37.6 Å². The van der Waals surface area contributed by atoms with Gasteiger partial charge >= 0.3 is 0 Å². The Morgan fingerprint density at radius 2 is 1.80 bits per heavy atom. The molecule has 0 aromatic heterocycles. The van der Waals surface area contributed by atoms with Gasteiger partial charge in [-0.1, -0.05) is 30.3 Å². The van der Waals surface area contributed by atoms with E-state index in [0.717, 1.165) is 41.3 Å². The van der Waals surface area contributed by atoms with Crippen molar-refractivity contribution in [3.05, 3.63) is 88.7 Å². The van der Waals surface area contributed by atoms with Gasteiger partial charge in [0, 0.05) is 37.4 Å². The maximum Gasteiger partial charge on any atom is 0.231 e. The SMILES string of the molecule is CCN(CC)c1ccc(/C=C2\Oc3c(ccc4c3CN(Cc3ccccc3OC)CO4)C2=O)cc1. The lowest BCUT2D eigenvalue weighted by Crippen LogP contribution is -2.31. The van der Waals surface area contributed by atoms with Crippen molar-refractivity contribution >= 4 is 17.5 Å². The second-order valence-corrected chi connectivity index (χ2v) is 8.69. The van der Waals surface area contributed by atoms with Crippen molar-refractivity contribution in [3.8, 4) is 17.2 Å². The van der Waals surface area contributed by atoms with Gasteiger partial charge in [0.25, 0.3) is 0 Å². The summed E-state index contributed by atoms with van der Waals surface area (Å²) in [6.45, 7) is 7.94. The molecular weight excluding hydrogens is 440 g/mol. The Morgan fingerprint density at radius 1 is 1.03 bits per heavy atom. The van der Waals surface area contributed by atoms with Gasteiger partial charge in [-0.3, -0.25) is 9.69 Å². The Labute approximate surface area is 206 Å². The Hall–Kier alpha value is -3.77. The third-order valence-electron chi connectivity index (χ3n) is 6.59. The number of ether oxygens (including phenoxy) is 3. The average Bonchev–Trinajstić information content (AvgIpc) is 3.21. The summed E-state index contributed by atoms with van der Waals surface area (Å²) in [5.41, 5.74) is 4.66. The number of benzene rings is 3. The maximum atomic E-state index is 13.1. The zero-order valence-corrected chi connectivity index (χ0v) is 20.4. The number of ketones is 1. The Balaban J connectivity index is 1.37. The van der Waals surface area contributed by atoms with E-state index in [0.29, 0.717) is 36.9 Å². The number of Topliss-reactive ketones (excluding diaryl/α,β-unsaturated/α-hetero) is 1. The van der Waals surface area contributed by atoms with Crippen LogP contribution in [0.1, 0.15) is 40.9 Å². The van der Waals surface area contributed by atoms with Gasteiger partial charge in [0.05, 0.1) is 18.2 Å². The average molecular weight is 471 g/mol. The number of fused-ring (bicyclic) bond motifs is 3. The molecule has 2 heterocycles. The van der Waals surface area contributed by atoms with Crippen molar-refractivity contribution < 1.29 is 19.0 Å². The lowest BCUT2D eigenvalue weighted by Gasteiger charge is -2.30. The molecule has 35 heavy (non-hydrogen) atoms. The molecule has 0 fully saturated rings. The molecule has 0 N–H and O–H groups in total. The summed E-state index contributed by atoms with van der Waals surface area (Å²) in [6, 6.07) is 19.9. The minimum absolute atomic E-state index is 0.0996. The summed E-state index contributed by atoms with van der Waals surface area (Å²) in [5.74, 6) is 2.45. The van der Waals surface area contributed by atoms with E-state index in [1.165, 1.54) is 5.69 Å². The van der Waals surface area contributed by atoms with E-state index in [1.807, 2.05) is 42.5 Å². The van der Waals surface area contributed by atoms with Gasteiger partial charge in [-0.2, -0.15) is 0 Å². The maximum absolute atomic E-state index is 13.1. The lowest BCUT2D eigenvalue weighted by atomic mass is 10.0. The largest absolute Gasteiger partial charge is 0.496 e. The van der Waals surface area contributed by atoms with Gasteiger partial charge in [-0.05, 0) is 55.8 Å². The first-order valence-corrected chi connectivity index (χ1v) is 12.0. The van der Waals surface area contributed by atoms with Gasteiger partial charge in [0.15, 0.2) is 5.76 Å². The van der Waals surface area contributed by atoms with Gasteiger partial charge in [0.2, 0.25) is 5.78 Å². The van der Waals surface area contributed by atoms with Crippen molar-refractivity contribution in [1.82, 2.24) is 4.90 Å². The molecule has 5 rings (SSSR count). The molecule has 180 valence electrons. The van der Waals surface area contributed by atoms with Crippen molar-refractivity contribution in [1.29, 1.82) is 0 Å². The van der Waals surface area contributed by atoms with E-state index in [9.17, 15) is 4.79 Å². The van der Waals surface area contributed by atoms with Gasteiger partial charge in [-0.15, -0.1) is 0 Å². The molecule has 0 saturated carbocycles. The highest BCUT2D eigenvalue weighted by Gasteiger charge is 2.33. The molecule has 0 atom stereocenters. The molecule has 0 radical (unpaired) electrons. The van der Waals surface area contributed by atoms with Gasteiger partial charge in [0.1, 0.15) is 24.0 Å². The number of nitrogens with zero attached hydrogens (tertiary/aromatic N) is 2. The van der Waals surface area contributed by atoms with Crippen LogP contribution in [0.25, 0.3) is 6.08 Å². The number of methoxy groups -OCH3 is 1. The minimum atomic E-state index is -0.0996. The van der Waals surface area contributed by atoms with E-state index in [1.54, 1.807) is 13.2 Å². The third-order valence-corrected chi connectivity index (χ3v) is 6.59. The lowest BCUT2D eigenvalue weighted by molar-refractivity contribution is 0.0865. The molecule has 2 aliphatic rings. The Kier molecular flexibility index (Phi) is 6.47. The molecule has 3 aromatic carbocycles. The predicted octanol–water partition coefficient (Wildman–Crippen LogP) is 5.51. The van der Waals surface area contributed by atoms with Gasteiger partial charge < -0.3 is 19.1 Å². The molecule has 0 saturated heterocycles. The van der Waals surface area contributed by atoms with Crippen molar-refractivity contribution in [3.63, 3.8) is 0 Å². The van der Waals surface area contributed by atoms with Crippen molar-refractivity contribution in [2.45, 2.75) is 26.9 Å². The van der Waals surface area contributed by atoms with Crippen LogP contribution in [0.3, 0.4) is 0 Å². The van der Waals surface area contributed by atoms with E-state index in [-0.39, 0.29) is 5.78 Å². The van der Waals surface area contributed by atoms with Crippen LogP contribution in [0.15, 0.2) is 66.4 Å². The van der Waals surface area contributed by atoms with Crippen LogP contribution >= 0.6 is 0 Å². The first kappa shape index (κ1) is 23.0. The molecule has 0 bridgehead atoms. The molecular formula is C29H30N2O4. The molecule has 0 amide bonds. The molecule has 0 spiro atoms. The standard InChI is InChI=1S/C29H30N2O4/c1-4-31(5-2)22-12-10-20(11-13-22)16-27-28(32)23-14-15-26-24(29(23)35-27)18-30(19-34-26)17-21-8-6-7-9-25(21)33-3/h6-16H,4-5,17-19H2,1-3H3/b27-16-. The smallest absolute Gasteiger partial charge is 0.231 e. The Morgan fingerprint density at radius 3 is 2.54 bits per heavy atom. The Bertz CT molecular complexity index is 1260. The molecule has 6 heteroatoms. The number of para-hydroxylation sites is 1. The normalized spacial score (nSPS) is 15.9. The third kappa shape index (κ3) is 4.49. The second kappa shape index (κ2) is 9.84. The second-order valence-electron chi connectivity index (χ2n) is 8.69. The summed E-state index contributed by atoms with van der Waals surface area (Å²) >= 11 is 0. The van der Waals surface area contributed by atoms with Crippen LogP contribution in [-0.2, 0) is 13.1 Å². The summed E-state index contributed by atoms with van der Waals surface area (Å²) < 4.78 is 17.7. The highest BCUT2D eigenvalue weighted by Crippen LogP contribution is 2.42. The number of anilines is 1. The predicted molar refractivity (Wildman–Crippen MR) is 137 cm³/mol. The van der Waals surface area contributed by atoms with E-state index in [2.05, 4.69) is 41.8 Å². The molecule has 0 unspecified atom stereocenters. The molecule has 2 aliphatic heterocycles. The molecule has 0 aliphatic carbocycles. The van der Waals surface area contributed by atoms with Crippen LogP contribution in [0.4, 0.5) is 5.69 Å². The fraction of sp³-hybridized carbons (Fsp3) is 0.276. The minimum Gasteiger partial charge on any atom is -0.496 e. The summed E-state index contributed by atoms with van der Waals surface area (Å²) in [6.07, 6.45) is 1.82.